The van der Waals surface area contributed by atoms with Gasteiger partial charge in [0.1, 0.15) is 11.2 Å². The first kappa shape index (κ1) is 36.5. The molecule has 3 nitrogen and oxygen atoms in total. The van der Waals surface area contributed by atoms with Crippen molar-refractivity contribution in [1.29, 1.82) is 0 Å². The van der Waals surface area contributed by atoms with Gasteiger partial charge in [0, 0.05) is 59.2 Å². The monoisotopic (exact) mass is 834 g/mol. The van der Waals surface area contributed by atoms with E-state index >= 15 is 0 Å². The van der Waals surface area contributed by atoms with E-state index in [9.17, 15) is 0 Å². The predicted molar refractivity (Wildman–Crippen MR) is 272 cm³/mol. The lowest BCUT2D eigenvalue weighted by Crippen LogP contribution is -2.11. The normalized spacial score (nSPS) is 11.8. The fourth-order valence-corrected chi connectivity index (χ4v) is 11.2. The van der Waals surface area contributed by atoms with Crippen molar-refractivity contribution in [2.45, 2.75) is 0 Å². The number of hydrogen-bond acceptors (Lipinski definition) is 3. The van der Waals surface area contributed by atoms with E-state index in [1.807, 2.05) is 11.3 Å². The van der Waals surface area contributed by atoms with E-state index < -0.39 is 0 Å². The van der Waals surface area contributed by atoms with E-state index in [0.29, 0.717) is 0 Å². The van der Waals surface area contributed by atoms with Gasteiger partial charge in [0.05, 0.1) is 22.4 Å². The highest BCUT2D eigenvalue weighted by molar-refractivity contribution is 7.26. The van der Waals surface area contributed by atoms with Crippen LogP contribution in [0.1, 0.15) is 0 Å². The molecule has 0 bridgehead atoms. The maximum Gasteiger partial charge on any atom is 0.137 e. The Balaban J connectivity index is 1.11. The van der Waals surface area contributed by atoms with Gasteiger partial charge in [-0.25, -0.2) is 0 Å². The number of aromatic nitrogens is 1. The van der Waals surface area contributed by atoms with Gasteiger partial charge in [-0.2, -0.15) is 0 Å². The molecular formula is C60H38N2OS. The van der Waals surface area contributed by atoms with Crippen LogP contribution in [0.4, 0.5) is 17.1 Å². The van der Waals surface area contributed by atoms with Gasteiger partial charge in [-0.1, -0.05) is 158 Å². The van der Waals surface area contributed by atoms with E-state index in [1.54, 1.807) is 0 Å². The lowest BCUT2D eigenvalue weighted by molar-refractivity contribution is 0.669. The molecule has 10 aromatic carbocycles. The summed E-state index contributed by atoms with van der Waals surface area (Å²) in [5, 5.41) is 7.03. The van der Waals surface area contributed by atoms with Crippen molar-refractivity contribution in [2.75, 3.05) is 4.90 Å². The molecule has 0 amide bonds. The number of thiophene rings is 1. The first-order valence-electron chi connectivity index (χ1n) is 21.7. The zero-order valence-electron chi connectivity index (χ0n) is 34.7. The summed E-state index contributed by atoms with van der Waals surface area (Å²) < 4.78 is 11.8. The third kappa shape index (κ3) is 5.81. The molecule has 3 heterocycles. The lowest BCUT2D eigenvalue weighted by Gasteiger charge is -2.28. The molecule has 13 rings (SSSR count). The standard InChI is InChI=1S/C60H38N2OS/c1-5-16-39(17-6-1)42-28-31-47-48-33-30-45(38-56(48)63-55(47)36-42)62(53-27-15-26-52-58(53)49-24-13-14-25-51(49)61(52)44-22-11-4-12-23-44)54-35-34-46(41-20-9-3-10-21-41)60-59(54)50-32-29-43(37-57(50)64-60)40-18-7-2-8-19-40/h1-38H. The highest BCUT2D eigenvalue weighted by atomic mass is 32.1. The van der Waals surface area contributed by atoms with Gasteiger partial charge in [-0.3, -0.25) is 0 Å². The van der Waals surface area contributed by atoms with Crippen LogP contribution >= 0.6 is 11.3 Å². The Kier molecular flexibility index (Phi) is 8.40. The number of fused-ring (bicyclic) bond motifs is 9. The summed E-state index contributed by atoms with van der Waals surface area (Å²) in [5.74, 6) is 0. The van der Waals surface area contributed by atoms with Gasteiger partial charge in [0.2, 0.25) is 0 Å². The molecule has 0 aliphatic carbocycles. The third-order valence-corrected chi connectivity index (χ3v) is 14.0. The van der Waals surface area contributed by atoms with Crippen molar-refractivity contribution >= 4 is 92.3 Å². The second kappa shape index (κ2) is 14.7. The summed E-state index contributed by atoms with van der Waals surface area (Å²) in [4.78, 5) is 2.49. The molecule has 0 radical (unpaired) electrons. The molecule has 300 valence electrons. The van der Waals surface area contributed by atoms with E-state index in [4.69, 9.17) is 4.42 Å². The number of nitrogens with zero attached hydrogens (tertiary/aromatic N) is 2. The van der Waals surface area contributed by atoms with Crippen LogP contribution in [0.15, 0.2) is 235 Å². The Morgan fingerprint density at radius 1 is 0.375 bits per heavy atom. The van der Waals surface area contributed by atoms with Crippen molar-refractivity contribution < 1.29 is 4.42 Å². The van der Waals surface area contributed by atoms with Crippen LogP contribution in [0.2, 0.25) is 0 Å². The van der Waals surface area contributed by atoms with Crippen molar-refractivity contribution in [3.63, 3.8) is 0 Å². The van der Waals surface area contributed by atoms with E-state index in [1.165, 1.54) is 58.8 Å². The Morgan fingerprint density at radius 3 is 1.69 bits per heavy atom. The third-order valence-electron chi connectivity index (χ3n) is 12.8. The van der Waals surface area contributed by atoms with Crippen LogP contribution in [0.5, 0.6) is 0 Å². The van der Waals surface area contributed by atoms with Gasteiger partial charge in [-0.15, -0.1) is 11.3 Å². The molecule has 0 saturated heterocycles. The minimum atomic E-state index is 0.849. The maximum atomic E-state index is 6.84. The SMILES string of the molecule is c1ccc(-c2ccc3c(c2)oc2cc(N(c4ccc(-c5ccccc5)c5sc6cc(-c7ccccc7)ccc6c45)c4cccc5c4c4ccccc4n5-c4ccccc4)ccc23)cc1. The van der Waals surface area contributed by atoms with Crippen LogP contribution in [-0.2, 0) is 0 Å². The van der Waals surface area contributed by atoms with Crippen LogP contribution in [0.3, 0.4) is 0 Å². The minimum Gasteiger partial charge on any atom is -0.456 e. The Morgan fingerprint density at radius 2 is 0.953 bits per heavy atom. The molecule has 0 aliphatic rings. The number of anilines is 3. The van der Waals surface area contributed by atoms with Crippen molar-refractivity contribution in [2.24, 2.45) is 0 Å². The maximum absolute atomic E-state index is 6.84. The number of para-hydroxylation sites is 2. The van der Waals surface area contributed by atoms with Crippen LogP contribution in [-0.4, -0.2) is 4.57 Å². The van der Waals surface area contributed by atoms with Crippen LogP contribution in [0.25, 0.3) is 103 Å². The Labute approximate surface area is 373 Å². The molecule has 64 heavy (non-hydrogen) atoms. The molecule has 0 saturated carbocycles. The summed E-state index contributed by atoms with van der Waals surface area (Å²) in [7, 11) is 0. The first-order chi connectivity index (χ1) is 31.7. The topological polar surface area (TPSA) is 21.3 Å². The molecule has 0 fully saturated rings. The van der Waals surface area contributed by atoms with Gasteiger partial charge in [0.25, 0.3) is 0 Å². The molecule has 4 heteroatoms. The van der Waals surface area contributed by atoms with Crippen LogP contribution in [0, 0.1) is 0 Å². The van der Waals surface area contributed by atoms with Gasteiger partial charge in [0.15, 0.2) is 0 Å². The second-order valence-electron chi connectivity index (χ2n) is 16.4. The molecule has 0 aliphatic heterocycles. The van der Waals surface area contributed by atoms with Crippen LogP contribution < -0.4 is 4.90 Å². The average molecular weight is 835 g/mol. The first-order valence-corrected chi connectivity index (χ1v) is 22.6. The predicted octanol–water partition coefficient (Wildman–Crippen LogP) is 17.5. The molecule has 0 N–H and O–H groups in total. The van der Waals surface area contributed by atoms with E-state index in [-0.39, 0.29) is 0 Å². The fourth-order valence-electron chi connectivity index (χ4n) is 9.87. The number of furan rings is 1. The summed E-state index contributed by atoms with van der Waals surface area (Å²) >= 11 is 1.88. The molecule has 0 atom stereocenters. The molecule has 0 unspecified atom stereocenters. The van der Waals surface area contributed by atoms with E-state index in [2.05, 4.69) is 240 Å². The molecular weight excluding hydrogens is 797 g/mol. The second-order valence-corrected chi connectivity index (χ2v) is 17.5. The van der Waals surface area contributed by atoms with Crippen molar-refractivity contribution in [1.82, 2.24) is 4.57 Å². The zero-order chi connectivity index (χ0) is 42.1. The van der Waals surface area contributed by atoms with Gasteiger partial charge in [-0.05, 0) is 100 Å². The largest absolute Gasteiger partial charge is 0.456 e. The van der Waals surface area contributed by atoms with Gasteiger partial charge < -0.3 is 13.9 Å². The number of hydrogen-bond donors (Lipinski definition) is 0. The summed E-state index contributed by atoms with van der Waals surface area (Å²) in [6, 6.07) is 83.3. The quantitative estimate of drug-likeness (QED) is 0.159. The summed E-state index contributed by atoms with van der Waals surface area (Å²) in [6.45, 7) is 0. The molecule has 13 aromatic rings. The highest BCUT2D eigenvalue weighted by Crippen LogP contribution is 2.51. The van der Waals surface area contributed by atoms with Gasteiger partial charge >= 0.3 is 0 Å². The van der Waals surface area contributed by atoms with E-state index in [0.717, 1.165) is 61.3 Å². The van der Waals surface area contributed by atoms with Crippen molar-refractivity contribution in [3.05, 3.63) is 231 Å². The minimum absolute atomic E-state index is 0.849. The zero-order valence-corrected chi connectivity index (χ0v) is 35.5. The number of benzene rings is 10. The number of rotatable bonds is 7. The highest BCUT2D eigenvalue weighted by Gasteiger charge is 2.26. The summed E-state index contributed by atoms with van der Waals surface area (Å²) in [6.07, 6.45) is 0. The smallest absolute Gasteiger partial charge is 0.137 e. The summed E-state index contributed by atoms with van der Waals surface area (Å²) in [5.41, 5.74) is 15.5. The Hall–Kier alpha value is -8.18. The van der Waals surface area contributed by atoms with Crippen molar-refractivity contribution in [3.8, 4) is 39.1 Å². The molecule has 0 spiro atoms. The lowest BCUT2D eigenvalue weighted by atomic mass is 9.98. The fraction of sp³-hybridized carbons (Fsp3) is 0. The molecule has 3 aromatic heterocycles. The Bertz CT molecular complexity index is 3890. The average Bonchev–Trinajstić information content (AvgIpc) is 4.05.